The van der Waals surface area contributed by atoms with E-state index in [0.29, 0.717) is 25.9 Å². The molecule has 0 radical (unpaired) electrons. The van der Waals surface area contributed by atoms with E-state index in [9.17, 15) is 22.8 Å². The number of hydrogen-bond acceptors (Lipinski definition) is 3. The first-order valence-electron chi connectivity index (χ1n) is 7.79. The highest BCUT2D eigenvalue weighted by atomic mass is 19.3. The van der Waals surface area contributed by atoms with Gasteiger partial charge >= 0.3 is 12.6 Å². The third kappa shape index (κ3) is 5.01. The Morgan fingerprint density at radius 2 is 1.92 bits per heavy atom. The van der Waals surface area contributed by atoms with E-state index in [4.69, 9.17) is 0 Å². The fourth-order valence-corrected chi connectivity index (χ4v) is 2.67. The molecule has 0 unspecified atom stereocenters. The van der Waals surface area contributed by atoms with Crippen molar-refractivity contribution in [2.45, 2.75) is 19.5 Å². The van der Waals surface area contributed by atoms with Crippen LogP contribution in [0.3, 0.4) is 0 Å². The van der Waals surface area contributed by atoms with Crippen LogP contribution in [-0.4, -0.2) is 55.5 Å². The predicted octanol–water partition coefficient (Wildman–Crippen LogP) is 2.76. The predicted molar refractivity (Wildman–Crippen MR) is 85.0 cm³/mol. The first kappa shape index (κ1) is 18.9. The van der Waals surface area contributed by atoms with E-state index in [1.54, 1.807) is 14.1 Å². The van der Waals surface area contributed by atoms with Gasteiger partial charge in [0, 0.05) is 44.9 Å². The second-order valence-corrected chi connectivity index (χ2v) is 5.95. The average molecular weight is 359 g/mol. The van der Waals surface area contributed by atoms with Crippen molar-refractivity contribution < 1.29 is 27.5 Å². The summed E-state index contributed by atoms with van der Waals surface area (Å²) in [6.45, 7) is -2.31. The summed E-state index contributed by atoms with van der Waals surface area (Å²) in [7, 11) is 3.38. The molecule has 0 saturated carbocycles. The van der Waals surface area contributed by atoms with Crippen molar-refractivity contribution in [1.29, 1.82) is 0 Å². The molecule has 138 valence electrons. The van der Waals surface area contributed by atoms with Crippen LogP contribution in [0.4, 0.5) is 23.7 Å². The summed E-state index contributed by atoms with van der Waals surface area (Å²) in [6.07, 6.45) is 1.11. The van der Waals surface area contributed by atoms with Gasteiger partial charge < -0.3 is 19.9 Å². The van der Waals surface area contributed by atoms with Crippen LogP contribution in [0.15, 0.2) is 18.2 Å². The fourth-order valence-electron chi connectivity index (χ4n) is 2.67. The maximum absolute atomic E-state index is 13.7. The van der Waals surface area contributed by atoms with E-state index in [1.807, 2.05) is 0 Å². The van der Waals surface area contributed by atoms with Crippen LogP contribution in [0.1, 0.15) is 12.8 Å². The molecule has 0 aliphatic carbocycles. The number of nitrogens with zero attached hydrogens (tertiary/aromatic N) is 2. The first-order chi connectivity index (χ1) is 11.8. The highest BCUT2D eigenvalue weighted by molar-refractivity contribution is 5.89. The Balaban J connectivity index is 1.90. The molecule has 1 N–H and O–H groups in total. The minimum Gasteiger partial charge on any atom is -0.432 e. The minimum atomic E-state index is -3.12. The molecule has 0 bridgehead atoms. The molecule has 1 heterocycles. The van der Waals surface area contributed by atoms with Crippen molar-refractivity contribution >= 4 is 17.6 Å². The van der Waals surface area contributed by atoms with Crippen LogP contribution < -0.4 is 10.1 Å². The van der Waals surface area contributed by atoms with Crippen molar-refractivity contribution in [2.75, 3.05) is 32.5 Å². The highest BCUT2D eigenvalue weighted by Crippen LogP contribution is 2.24. The van der Waals surface area contributed by atoms with Gasteiger partial charge in [0.15, 0.2) is 11.6 Å². The molecule has 1 aliphatic heterocycles. The molecule has 1 fully saturated rings. The zero-order valence-corrected chi connectivity index (χ0v) is 14.0. The van der Waals surface area contributed by atoms with Gasteiger partial charge in [0.2, 0.25) is 5.91 Å². The van der Waals surface area contributed by atoms with Crippen molar-refractivity contribution in [3.05, 3.63) is 24.0 Å². The Kier molecular flexibility index (Phi) is 6.11. The number of alkyl halides is 2. The molecular formula is C16H20F3N3O3. The molecule has 1 aromatic carbocycles. The van der Waals surface area contributed by atoms with Crippen molar-refractivity contribution in [1.82, 2.24) is 9.80 Å². The lowest BCUT2D eigenvalue weighted by Gasteiger charge is -2.32. The second kappa shape index (κ2) is 8.09. The molecule has 3 amide bonds. The Bertz CT molecular complexity index is 632. The summed E-state index contributed by atoms with van der Waals surface area (Å²) in [6, 6.07) is 2.79. The number of carbonyl (C=O) groups excluding carboxylic acids is 2. The molecule has 1 saturated heterocycles. The number of rotatable bonds is 4. The van der Waals surface area contributed by atoms with Crippen LogP contribution >= 0.6 is 0 Å². The number of amides is 3. The number of halogens is 3. The first-order valence-corrected chi connectivity index (χ1v) is 7.79. The summed E-state index contributed by atoms with van der Waals surface area (Å²) in [5.41, 5.74) is 0.135. The number of carbonyl (C=O) groups is 2. The standard InChI is InChI=1S/C16H20F3N3O3/c1-21(2)14(23)10-5-7-22(8-6-10)16(24)20-11-3-4-13(12(17)9-11)25-15(18)19/h3-4,9-10,15H,5-8H2,1-2H3,(H,20,24). The van der Waals surface area contributed by atoms with E-state index in [1.165, 1.54) is 15.9 Å². The normalized spacial score (nSPS) is 15.2. The van der Waals surface area contributed by atoms with E-state index in [-0.39, 0.29) is 17.5 Å². The van der Waals surface area contributed by atoms with E-state index < -0.39 is 24.2 Å². The van der Waals surface area contributed by atoms with Gasteiger partial charge in [0.05, 0.1) is 0 Å². The largest absolute Gasteiger partial charge is 0.432 e. The molecule has 9 heteroatoms. The summed E-state index contributed by atoms with van der Waals surface area (Å²) < 4.78 is 41.9. The smallest absolute Gasteiger partial charge is 0.387 e. The van der Waals surface area contributed by atoms with E-state index in [0.717, 1.165) is 12.1 Å². The van der Waals surface area contributed by atoms with Crippen molar-refractivity contribution in [3.63, 3.8) is 0 Å². The maximum Gasteiger partial charge on any atom is 0.387 e. The van der Waals surface area contributed by atoms with Crippen LogP contribution in [0, 0.1) is 11.7 Å². The molecule has 0 spiro atoms. The number of benzene rings is 1. The summed E-state index contributed by atoms with van der Waals surface area (Å²) in [5, 5.41) is 2.51. The lowest BCUT2D eigenvalue weighted by atomic mass is 9.96. The Hall–Kier alpha value is -2.45. The lowest BCUT2D eigenvalue weighted by Crippen LogP contribution is -2.44. The molecular weight excluding hydrogens is 339 g/mol. The molecule has 0 atom stereocenters. The van der Waals surface area contributed by atoms with Gasteiger partial charge in [-0.15, -0.1) is 0 Å². The zero-order chi connectivity index (χ0) is 18.6. The Labute approximate surface area is 143 Å². The minimum absolute atomic E-state index is 0.0387. The van der Waals surface area contributed by atoms with Gasteiger partial charge in [-0.05, 0) is 25.0 Å². The van der Waals surface area contributed by atoms with Gasteiger partial charge in [-0.25, -0.2) is 9.18 Å². The Morgan fingerprint density at radius 3 is 2.44 bits per heavy atom. The van der Waals surface area contributed by atoms with Crippen molar-refractivity contribution in [3.8, 4) is 5.75 Å². The molecule has 25 heavy (non-hydrogen) atoms. The van der Waals surface area contributed by atoms with Crippen LogP contribution in [-0.2, 0) is 4.79 Å². The van der Waals surface area contributed by atoms with Gasteiger partial charge in [0.25, 0.3) is 0 Å². The summed E-state index contributed by atoms with van der Waals surface area (Å²) in [5.74, 6) is -1.65. The summed E-state index contributed by atoms with van der Waals surface area (Å²) >= 11 is 0. The number of ether oxygens (including phenoxy) is 1. The highest BCUT2D eigenvalue weighted by Gasteiger charge is 2.28. The zero-order valence-electron chi connectivity index (χ0n) is 14.0. The van der Waals surface area contributed by atoms with Crippen LogP contribution in [0.5, 0.6) is 5.75 Å². The van der Waals surface area contributed by atoms with Crippen LogP contribution in [0.2, 0.25) is 0 Å². The Morgan fingerprint density at radius 1 is 1.28 bits per heavy atom. The fraction of sp³-hybridized carbons (Fsp3) is 0.500. The quantitative estimate of drug-likeness (QED) is 0.899. The molecule has 0 aromatic heterocycles. The van der Waals surface area contributed by atoms with Crippen molar-refractivity contribution in [2.24, 2.45) is 5.92 Å². The number of urea groups is 1. The molecule has 1 aromatic rings. The number of anilines is 1. The van der Waals surface area contributed by atoms with Gasteiger partial charge in [-0.3, -0.25) is 4.79 Å². The summed E-state index contributed by atoms with van der Waals surface area (Å²) in [4.78, 5) is 27.2. The monoisotopic (exact) mass is 359 g/mol. The molecule has 2 rings (SSSR count). The maximum atomic E-state index is 13.7. The van der Waals surface area contributed by atoms with Gasteiger partial charge in [0.1, 0.15) is 0 Å². The number of nitrogens with one attached hydrogen (secondary N) is 1. The number of likely N-dealkylation sites (tertiary alicyclic amines) is 1. The van der Waals surface area contributed by atoms with E-state index in [2.05, 4.69) is 10.1 Å². The lowest BCUT2D eigenvalue weighted by molar-refractivity contribution is -0.134. The molecule has 1 aliphatic rings. The third-order valence-electron chi connectivity index (χ3n) is 3.97. The SMILES string of the molecule is CN(C)C(=O)C1CCN(C(=O)Nc2ccc(OC(F)F)c(F)c2)CC1. The van der Waals surface area contributed by atoms with Gasteiger partial charge in [-0.1, -0.05) is 0 Å². The number of hydrogen-bond donors (Lipinski definition) is 1. The average Bonchev–Trinajstić information content (AvgIpc) is 2.56. The molecule has 6 nitrogen and oxygen atoms in total. The van der Waals surface area contributed by atoms with E-state index >= 15 is 0 Å². The number of piperidine rings is 1. The van der Waals surface area contributed by atoms with Gasteiger partial charge in [-0.2, -0.15) is 8.78 Å². The topological polar surface area (TPSA) is 61.9 Å². The van der Waals surface area contributed by atoms with Crippen LogP contribution in [0.25, 0.3) is 0 Å². The second-order valence-electron chi connectivity index (χ2n) is 5.95. The third-order valence-corrected chi connectivity index (χ3v) is 3.97.